The summed E-state index contributed by atoms with van der Waals surface area (Å²) in [7, 11) is 9.26. The quantitative estimate of drug-likeness (QED) is 0.110. The minimum absolute atomic E-state index is 0. The van der Waals surface area contributed by atoms with E-state index >= 15 is 0 Å². The van der Waals surface area contributed by atoms with E-state index in [-0.39, 0.29) is 21.1 Å². The zero-order chi connectivity index (χ0) is 28.3. The first-order chi connectivity index (χ1) is 19.6. The van der Waals surface area contributed by atoms with Crippen molar-refractivity contribution >= 4 is 42.3 Å². The van der Waals surface area contributed by atoms with Gasteiger partial charge in [0.15, 0.2) is 0 Å². The molecule has 211 valence electrons. The Bertz CT molecular complexity index is 1270. The van der Waals surface area contributed by atoms with Crippen molar-refractivity contribution in [2.75, 3.05) is 11.9 Å². The fraction of sp³-hybridized carbons (Fsp3) is 0.0857. The summed E-state index contributed by atoms with van der Waals surface area (Å²) in [5.74, 6) is 0. The number of hydrogen-bond donors (Lipinski definition) is 0. The molecule has 2 atom stereocenters. The van der Waals surface area contributed by atoms with Gasteiger partial charge < -0.3 is 9.62 Å². The van der Waals surface area contributed by atoms with Gasteiger partial charge in [-0.05, 0) is 41.6 Å². The van der Waals surface area contributed by atoms with E-state index < -0.39 is 0 Å². The Morgan fingerprint density at radius 2 is 0.976 bits per heavy atom. The molecule has 2 unspecified atom stereocenters. The normalized spacial score (nSPS) is 10.8. The second-order valence-corrected chi connectivity index (χ2v) is 10.4. The molecule has 0 saturated carbocycles. The Kier molecular flexibility index (Phi) is 17.4. The summed E-state index contributed by atoms with van der Waals surface area (Å²) >= 11 is 0. The van der Waals surface area contributed by atoms with Crippen LogP contribution in [0.3, 0.4) is 0 Å². The van der Waals surface area contributed by atoms with Crippen molar-refractivity contribution in [2.45, 2.75) is 12.8 Å². The maximum Gasteiger partial charge on any atom is 0.393 e. The van der Waals surface area contributed by atoms with Crippen LogP contribution in [-0.4, -0.2) is 19.4 Å². The first kappa shape index (κ1) is 34.3. The third-order valence-electron chi connectivity index (χ3n) is 5.73. The van der Waals surface area contributed by atoms with Crippen molar-refractivity contribution in [2.24, 2.45) is 0 Å². The third kappa shape index (κ3) is 15.0. The van der Waals surface area contributed by atoms with Crippen LogP contribution < -0.4 is 15.4 Å². The molecule has 1 aliphatic heterocycles. The van der Waals surface area contributed by atoms with Crippen molar-refractivity contribution < 1.29 is 21.1 Å². The average Bonchev–Trinajstić information content (AvgIpc) is 3.46. The number of nitrogens with zero attached hydrogens (tertiary/aromatic N) is 2. The van der Waals surface area contributed by atoms with Crippen LogP contribution in [0, 0.1) is 6.07 Å². The summed E-state index contributed by atoms with van der Waals surface area (Å²) < 4.78 is 0. The van der Waals surface area contributed by atoms with Crippen LogP contribution in [0.1, 0.15) is 11.1 Å². The molecule has 0 saturated heterocycles. The van der Waals surface area contributed by atoms with Gasteiger partial charge in [-0.2, -0.15) is 24.3 Å². The van der Waals surface area contributed by atoms with Crippen LogP contribution >= 0.6 is 18.5 Å². The van der Waals surface area contributed by atoms with Crippen molar-refractivity contribution in [1.82, 2.24) is 4.81 Å². The van der Waals surface area contributed by atoms with E-state index in [1.807, 2.05) is 122 Å². The molecule has 1 heterocycles. The minimum Gasteiger partial charge on any atom is -0.406 e. The molecule has 0 spiro atoms. The molecule has 0 N–H and O–H groups in total. The van der Waals surface area contributed by atoms with Gasteiger partial charge in [0.1, 0.15) is 0 Å². The maximum atomic E-state index is 3.15. The summed E-state index contributed by atoms with van der Waals surface area (Å²) in [5.41, 5.74) is 3.89. The predicted octanol–water partition coefficient (Wildman–Crippen LogP) is 7.09. The molecule has 6 heteroatoms. The number of benzene rings is 5. The molecular formula is C35H37BN2P2Pt-. The largest absolute Gasteiger partial charge is 0.406 e. The van der Waals surface area contributed by atoms with Crippen LogP contribution in [0.4, 0.5) is 5.69 Å². The first-order valence-corrected chi connectivity index (χ1v) is 14.4. The molecule has 0 fully saturated rings. The van der Waals surface area contributed by atoms with Gasteiger partial charge >= 0.3 is 7.55 Å². The molecule has 5 aromatic carbocycles. The third-order valence-corrected chi connectivity index (χ3v) is 6.50. The van der Waals surface area contributed by atoms with Crippen molar-refractivity contribution in [3.63, 3.8) is 0 Å². The molecule has 41 heavy (non-hydrogen) atoms. The standard InChI is InChI=1S/C14H14.C9H9BN2.2C6H7P.Pt/c1-3-7-13(8-4-1)11-12-14-9-5-2-6-10-14;1-11-7-8-12(10-11)9-5-3-2-4-6-9;2*7-6-4-2-1-3-5-6;/h1-10H,11-12H2;2-5,7-8H,1H3;2*1-5H,7H2;/q;-1;;;. The van der Waals surface area contributed by atoms with Crippen molar-refractivity contribution in [3.8, 4) is 0 Å². The Balaban J connectivity index is 0.000000198. The van der Waals surface area contributed by atoms with Crippen LogP contribution in [0.2, 0.25) is 0 Å². The summed E-state index contributed by atoms with van der Waals surface area (Å²) in [6.07, 6.45) is 6.27. The average molecular weight is 754 g/mol. The smallest absolute Gasteiger partial charge is 0.393 e. The molecule has 6 rings (SSSR count). The van der Waals surface area contributed by atoms with Gasteiger partial charge in [-0.15, -0.1) is 24.5 Å². The van der Waals surface area contributed by atoms with Gasteiger partial charge in [0.25, 0.3) is 0 Å². The number of para-hydroxylation sites is 1. The van der Waals surface area contributed by atoms with E-state index in [2.05, 4.69) is 85.2 Å². The van der Waals surface area contributed by atoms with Gasteiger partial charge in [0, 0.05) is 33.5 Å². The van der Waals surface area contributed by atoms with Crippen molar-refractivity contribution in [1.29, 1.82) is 0 Å². The van der Waals surface area contributed by atoms with Gasteiger partial charge in [0.2, 0.25) is 0 Å². The maximum absolute atomic E-state index is 3.15. The van der Waals surface area contributed by atoms with Gasteiger partial charge in [0.05, 0.1) is 0 Å². The van der Waals surface area contributed by atoms with Crippen LogP contribution in [-0.2, 0) is 33.9 Å². The predicted molar refractivity (Wildman–Crippen MR) is 182 cm³/mol. The fourth-order valence-electron chi connectivity index (χ4n) is 3.62. The Morgan fingerprint density at radius 1 is 0.561 bits per heavy atom. The molecule has 1 aliphatic rings. The second kappa shape index (κ2) is 20.9. The van der Waals surface area contributed by atoms with E-state index in [1.165, 1.54) is 21.7 Å². The molecule has 0 aliphatic carbocycles. The zero-order valence-corrected chi connectivity index (χ0v) is 27.9. The first-order valence-electron chi connectivity index (χ1n) is 13.3. The molecule has 5 aromatic rings. The number of rotatable bonds is 4. The van der Waals surface area contributed by atoms with E-state index in [0.717, 1.165) is 18.5 Å². The summed E-state index contributed by atoms with van der Waals surface area (Å²) in [5, 5.41) is 2.48. The molecule has 2 nitrogen and oxygen atoms in total. The van der Waals surface area contributed by atoms with Crippen LogP contribution in [0.5, 0.6) is 0 Å². The van der Waals surface area contributed by atoms with Gasteiger partial charge in [-0.25, -0.2) is 0 Å². The Morgan fingerprint density at radius 3 is 1.29 bits per heavy atom. The molecule has 0 amide bonds. The van der Waals surface area contributed by atoms with Gasteiger partial charge in [-0.1, -0.05) is 127 Å². The summed E-state index contributed by atoms with van der Waals surface area (Å²) in [4.78, 5) is 4.03. The summed E-state index contributed by atoms with van der Waals surface area (Å²) in [6, 6.07) is 52.6. The van der Waals surface area contributed by atoms with Crippen LogP contribution in [0.25, 0.3) is 0 Å². The Hall–Kier alpha value is -2.95. The van der Waals surface area contributed by atoms with E-state index in [9.17, 15) is 0 Å². The minimum atomic E-state index is 0. The van der Waals surface area contributed by atoms with Crippen LogP contribution in [0.15, 0.2) is 158 Å². The second-order valence-electron chi connectivity index (χ2n) is 9.03. The van der Waals surface area contributed by atoms with Crippen molar-refractivity contribution in [3.05, 3.63) is 175 Å². The molecular weight excluding hydrogens is 716 g/mol. The SMILES string of the molecule is CN1[B]N(c2[c-]cccc2)C=C1.Pc1ccccc1.Pc1ccccc1.[Pt].c1ccc(CCc2ccccc2)cc1. The topological polar surface area (TPSA) is 6.48 Å². The monoisotopic (exact) mass is 753 g/mol. The molecule has 0 aromatic heterocycles. The van der Waals surface area contributed by atoms with E-state index in [4.69, 9.17) is 0 Å². The summed E-state index contributed by atoms with van der Waals surface area (Å²) in [6.45, 7) is 0. The molecule has 1 radical (unpaired) electrons. The zero-order valence-electron chi connectivity index (χ0n) is 23.4. The molecule has 0 bridgehead atoms. The fourth-order valence-corrected chi connectivity index (χ4v) is 4.07. The van der Waals surface area contributed by atoms with Gasteiger partial charge in [-0.3, -0.25) is 0 Å². The van der Waals surface area contributed by atoms with E-state index in [1.54, 1.807) is 0 Å². The van der Waals surface area contributed by atoms with E-state index in [0.29, 0.717) is 0 Å². The number of aryl methyl sites for hydroxylation is 2. The number of anilines is 1. The Labute approximate surface area is 266 Å². The number of hydrogen-bond acceptors (Lipinski definition) is 2.